The van der Waals surface area contributed by atoms with Crippen LogP contribution in [0.4, 0.5) is 0 Å². The summed E-state index contributed by atoms with van der Waals surface area (Å²) in [6, 6.07) is 8.95. The third-order valence-electron chi connectivity index (χ3n) is 4.37. The summed E-state index contributed by atoms with van der Waals surface area (Å²) in [5.74, 6) is -0.109. The monoisotopic (exact) mass is 335 g/mol. The van der Waals surface area contributed by atoms with Gasteiger partial charge in [-0.3, -0.25) is 9.59 Å². The Morgan fingerprint density at radius 2 is 2.09 bits per heavy atom. The molecule has 2 saturated heterocycles. The van der Waals surface area contributed by atoms with E-state index in [-0.39, 0.29) is 36.0 Å². The molecule has 122 valence electrons. The highest BCUT2D eigenvalue weighted by Gasteiger charge is 2.38. The Hall–Kier alpha value is -1.89. The van der Waals surface area contributed by atoms with E-state index in [9.17, 15) is 9.59 Å². The SMILES string of the molecule is Cl.O=C(c1cc(=O)[nH]c2ccccc12)N1C[C@@H]2NCCO[C@H]2C1. The maximum Gasteiger partial charge on any atom is 0.254 e. The third-order valence-corrected chi connectivity index (χ3v) is 4.37. The predicted octanol–water partition coefficient (Wildman–Crippen LogP) is 0.763. The minimum absolute atomic E-state index is 0. The smallest absolute Gasteiger partial charge is 0.254 e. The van der Waals surface area contributed by atoms with Gasteiger partial charge in [-0.05, 0) is 6.07 Å². The van der Waals surface area contributed by atoms with E-state index < -0.39 is 0 Å². The molecule has 0 bridgehead atoms. The van der Waals surface area contributed by atoms with Crippen LogP contribution in [0.1, 0.15) is 10.4 Å². The standard InChI is InChI=1S/C16H17N3O3.ClH/c20-15-7-11(10-3-1-2-4-12(10)18-15)16(21)19-8-13-14(9-19)22-6-5-17-13;/h1-4,7,13-14,17H,5-6,8-9H2,(H,18,20);1H/t13-,14-;/m0./s1. The molecule has 23 heavy (non-hydrogen) atoms. The van der Waals surface area contributed by atoms with Gasteiger partial charge in [-0.15, -0.1) is 12.4 Å². The van der Waals surface area contributed by atoms with E-state index >= 15 is 0 Å². The molecule has 2 aliphatic rings. The summed E-state index contributed by atoms with van der Waals surface area (Å²) in [5, 5.41) is 4.15. The Morgan fingerprint density at radius 3 is 2.91 bits per heavy atom. The Kier molecular flexibility index (Phi) is 4.39. The van der Waals surface area contributed by atoms with E-state index in [4.69, 9.17) is 4.74 Å². The van der Waals surface area contributed by atoms with Crippen LogP contribution in [0.3, 0.4) is 0 Å². The highest BCUT2D eigenvalue weighted by molar-refractivity contribution is 6.06. The second-order valence-electron chi connectivity index (χ2n) is 5.77. The van der Waals surface area contributed by atoms with E-state index in [0.29, 0.717) is 30.8 Å². The predicted molar refractivity (Wildman–Crippen MR) is 89.3 cm³/mol. The van der Waals surface area contributed by atoms with Gasteiger partial charge in [0.2, 0.25) is 5.56 Å². The number of halogens is 1. The molecule has 1 aromatic heterocycles. The molecule has 7 heteroatoms. The maximum atomic E-state index is 12.8. The molecule has 2 N–H and O–H groups in total. The number of aromatic amines is 1. The normalized spacial score (nSPS) is 23.4. The average molecular weight is 336 g/mol. The van der Waals surface area contributed by atoms with Crippen molar-refractivity contribution in [2.45, 2.75) is 12.1 Å². The van der Waals surface area contributed by atoms with Crippen LogP contribution >= 0.6 is 12.4 Å². The molecule has 1 aromatic carbocycles. The Balaban J connectivity index is 0.00000156. The van der Waals surface area contributed by atoms with Crippen LogP contribution in [-0.4, -0.2) is 54.2 Å². The molecule has 0 spiro atoms. The van der Waals surface area contributed by atoms with Crippen molar-refractivity contribution in [3.05, 3.63) is 46.2 Å². The van der Waals surface area contributed by atoms with Crippen molar-refractivity contribution in [2.24, 2.45) is 0 Å². The van der Waals surface area contributed by atoms with E-state index in [2.05, 4.69) is 10.3 Å². The molecular weight excluding hydrogens is 318 g/mol. The number of carbonyl (C=O) groups is 1. The van der Waals surface area contributed by atoms with E-state index in [1.54, 1.807) is 4.90 Å². The quantitative estimate of drug-likeness (QED) is 0.807. The second-order valence-corrected chi connectivity index (χ2v) is 5.77. The molecule has 3 heterocycles. The van der Waals surface area contributed by atoms with Crippen molar-refractivity contribution in [1.82, 2.24) is 15.2 Å². The first kappa shape index (κ1) is 16.0. The number of pyridine rings is 1. The molecule has 2 atom stereocenters. The van der Waals surface area contributed by atoms with Gasteiger partial charge in [-0.2, -0.15) is 0 Å². The summed E-state index contributed by atoms with van der Waals surface area (Å²) >= 11 is 0. The number of aromatic nitrogens is 1. The van der Waals surface area contributed by atoms with Crippen LogP contribution in [0.5, 0.6) is 0 Å². The molecule has 6 nitrogen and oxygen atoms in total. The lowest BCUT2D eigenvalue weighted by molar-refractivity contribution is 0.0176. The lowest BCUT2D eigenvalue weighted by Crippen LogP contribution is -2.47. The molecule has 2 fully saturated rings. The van der Waals surface area contributed by atoms with Crippen molar-refractivity contribution in [2.75, 3.05) is 26.2 Å². The number of benzene rings is 1. The van der Waals surface area contributed by atoms with Gasteiger partial charge in [0.15, 0.2) is 0 Å². The van der Waals surface area contributed by atoms with Gasteiger partial charge in [0.1, 0.15) is 0 Å². The lowest BCUT2D eigenvalue weighted by Gasteiger charge is -2.25. The first-order valence-electron chi connectivity index (χ1n) is 7.49. The number of nitrogens with zero attached hydrogens (tertiary/aromatic N) is 1. The zero-order chi connectivity index (χ0) is 15.1. The molecule has 0 saturated carbocycles. The third kappa shape index (κ3) is 2.85. The van der Waals surface area contributed by atoms with Gasteiger partial charge in [0, 0.05) is 36.6 Å². The molecule has 2 aliphatic heterocycles. The Labute approximate surface area is 139 Å². The summed E-state index contributed by atoms with van der Waals surface area (Å²) in [6.45, 7) is 2.68. The van der Waals surface area contributed by atoms with E-state index in [0.717, 1.165) is 11.9 Å². The van der Waals surface area contributed by atoms with Gasteiger partial charge in [-0.1, -0.05) is 18.2 Å². The number of carbonyl (C=O) groups excluding carboxylic acids is 1. The lowest BCUT2D eigenvalue weighted by atomic mass is 10.1. The summed E-state index contributed by atoms with van der Waals surface area (Å²) < 4.78 is 5.71. The van der Waals surface area contributed by atoms with Crippen LogP contribution in [0.15, 0.2) is 35.1 Å². The first-order chi connectivity index (χ1) is 10.7. The van der Waals surface area contributed by atoms with Crippen LogP contribution in [0.25, 0.3) is 10.9 Å². The van der Waals surface area contributed by atoms with E-state index in [1.165, 1.54) is 6.07 Å². The molecule has 0 radical (unpaired) electrons. The highest BCUT2D eigenvalue weighted by Crippen LogP contribution is 2.21. The number of H-pyrrole nitrogens is 1. The van der Waals surface area contributed by atoms with Crippen LogP contribution < -0.4 is 10.9 Å². The minimum atomic E-state index is -0.256. The van der Waals surface area contributed by atoms with Gasteiger partial charge < -0.3 is 19.9 Å². The fraction of sp³-hybridized carbons (Fsp3) is 0.375. The van der Waals surface area contributed by atoms with Gasteiger partial charge >= 0.3 is 0 Å². The van der Waals surface area contributed by atoms with Gasteiger partial charge in [0.25, 0.3) is 5.91 Å². The summed E-state index contributed by atoms with van der Waals surface area (Å²) in [7, 11) is 0. The van der Waals surface area contributed by atoms with Crippen LogP contribution in [0.2, 0.25) is 0 Å². The zero-order valence-electron chi connectivity index (χ0n) is 12.5. The number of nitrogens with one attached hydrogen (secondary N) is 2. The summed E-state index contributed by atoms with van der Waals surface area (Å²) in [5.41, 5.74) is 0.885. The number of amides is 1. The Morgan fingerprint density at radius 1 is 1.26 bits per heavy atom. The number of para-hydroxylation sites is 1. The van der Waals surface area contributed by atoms with Gasteiger partial charge in [0.05, 0.1) is 24.3 Å². The number of hydrogen-bond acceptors (Lipinski definition) is 4. The van der Waals surface area contributed by atoms with Crippen molar-refractivity contribution in [3.8, 4) is 0 Å². The topological polar surface area (TPSA) is 74.4 Å². The maximum absolute atomic E-state index is 12.8. The van der Waals surface area contributed by atoms with Gasteiger partial charge in [-0.25, -0.2) is 0 Å². The minimum Gasteiger partial charge on any atom is -0.373 e. The fourth-order valence-corrected chi connectivity index (χ4v) is 3.31. The van der Waals surface area contributed by atoms with Crippen molar-refractivity contribution in [3.63, 3.8) is 0 Å². The number of hydrogen-bond donors (Lipinski definition) is 2. The molecule has 2 aromatic rings. The molecular formula is C16H18ClN3O3. The van der Waals surface area contributed by atoms with Crippen molar-refractivity contribution in [1.29, 1.82) is 0 Å². The van der Waals surface area contributed by atoms with E-state index in [1.807, 2.05) is 24.3 Å². The molecule has 1 amide bonds. The number of ether oxygens (including phenoxy) is 1. The summed E-state index contributed by atoms with van der Waals surface area (Å²) in [6.07, 6.45) is 0.0472. The molecule has 4 rings (SSSR count). The number of fused-ring (bicyclic) bond motifs is 2. The number of morpholine rings is 1. The fourth-order valence-electron chi connectivity index (χ4n) is 3.31. The van der Waals surface area contributed by atoms with Crippen LogP contribution in [0, 0.1) is 0 Å². The number of rotatable bonds is 1. The van der Waals surface area contributed by atoms with Crippen LogP contribution in [-0.2, 0) is 4.74 Å². The van der Waals surface area contributed by atoms with Crippen molar-refractivity contribution < 1.29 is 9.53 Å². The number of likely N-dealkylation sites (tertiary alicyclic amines) is 1. The highest BCUT2D eigenvalue weighted by atomic mass is 35.5. The Bertz CT molecular complexity index is 777. The largest absolute Gasteiger partial charge is 0.373 e. The van der Waals surface area contributed by atoms with Crippen molar-refractivity contribution >= 4 is 29.2 Å². The zero-order valence-corrected chi connectivity index (χ0v) is 13.3. The average Bonchev–Trinajstić information content (AvgIpc) is 2.97. The first-order valence-corrected chi connectivity index (χ1v) is 7.49. The molecule has 0 aliphatic carbocycles. The second kappa shape index (κ2) is 6.31. The summed E-state index contributed by atoms with van der Waals surface area (Å²) in [4.78, 5) is 29.2. The molecule has 0 unspecified atom stereocenters.